The van der Waals surface area contributed by atoms with Gasteiger partial charge in [-0.2, -0.15) is 0 Å². The normalized spacial score (nSPS) is 13.9. The van der Waals surface area contributed by atoms with E-state index >= 15 is 0 Å². The van der Waals surface area contributed by atoms with Crippen molar-refractivity contribution in [2.24, 2.45) is 0 Å². The molecule has 0 aliphatic heterocycles. The fourth-order valence-corrected chi connectivity index (χ4v) is 4.50. The van der Waals surface area contributed by atoms with Gasteiger partial charge in [0.15, 0.2) is 0 Å². The molecule has 2 aromatic rings. The summed E-state index contributed by atoms with van der Waals surface area (Å²) in [4.78, 5) is 0. The number of halogens is 4. The molecule has 0 saturated carbocycles. The summed E-state index contributed by atoms with van der Waals surface area (Å²) in [5.74, 6) is 0. The fourth-order valence-electron chi connectivity index (χ4n) is 2.26. The van der Waals surface area contributed by atoms with Crippen LogP contribution >= 0.6 is 55.1 Å². The van der Waals surface area contributed by atoms with Gasteiger partial charge in [-0.25, -0.2) is 0 Å². The highest BCUT2D eigenvalue weighted by molar-refractivity contribution is 9.11. The molecule has 0 heterocycles. The minimum Gasteiger partial charge on any atom is -0.0820 e. The lowest BCUT2D eigenvalue weighted by Gasteiger charge is -2.09. The van der Waals surface area contributed by atoms with Crippen LogP contribution in [0.1, 0.15) is 16.7 Å². The minimum absolute atomic E-state index is 0.625. The molecule has 4 heteroatoms. The smallest absolute Gasteiger partial charge is 0.0688 e. The molecule has 0 bridgehead atoms. The molecule has 0 unspecified atom stereocenters. The molecule has 1 aliphatic carbocycles. The van der Waals surface area contributed by atoms with E-state index in [9.17, 15) is 0 Å². The van der Waals surface area contributed by atoms with Crippen molar-refractivity contribution in [3.8, 4) is 0 Å². The van der Waals surface area contributed by atoms with E-state index in [-0.39, 0.29) is 0 Å². The van der Waals surface area contributed by atoms with Crippen LogP contribution in [-0.4, -0.2) is 0 Å². The van der Waals surface area contributed by atoms with Crippen molar-refractivity contribution >= 4 is 75.9 Å². The van der Waals surface area contributed by atoms with Crippen LogP contribution in [0.3, 0.4) is 0 Å². The molecular weight excluding hydrogens is 387 g/mol. The molecule has 0 amide bonds. The van der Waals surface area contributed by atoms with Gasteiger partial charge in [-0.15, -0.1) is 0 Å². The van der Waals surface area contributed by atoms with Gasteiger partial charge in [0.2, 0.25) is 0 Å². The highest BCUT2D eigenvalue weighted by Crippen LogP contribution is 2.51. The van der Waals surface area contributed by atoms with E-state index in [1.807, 2.05) is 13.0 Å². The molecule has 2 aromatic carbocycles. The lowest BCUT2D eigenvalue weighted by Crippen LogP contribution is -1.86. The van der Waals surface area contributed by atoms with Gasteiger partial charge in [0.1, 0.15) is 0 Å². The van der Waals surface area contributed by atoms with Crippen LogP contribution in [0.5, 0.6) is 0 Å². The third kappa shape index (κ3) is 1.54. The quantitative estimate of drug-likeness (QED) is 0.494. The van der Waals surface area contributed by atoms with E-state index < -0.39 is 0 Å². The first-order valence-electron chi connectivity index (χ1n) is 4.99. The Kier molecular flexibility index (Phi) is 2.82. The average molecular weight is 393 g/mol. The zero-order valence-electron chi connectivity index (χ0n) is 8.74. The van der Waals surface area contributed by atoms with Gasteiger partial charge in [0.05, 0.1) is 10.1 Å². The minimum atomic E-state index is 0.625. The van der Waals surface area contributed by atoms with Gasteiger partial charge in [0, 0.05) is 25.5 Å². The van der Waals surface area contributed by atoms with Crippen LogP contribution in [0.4, 0.5) is 0 Å². The van der Waals surface area contributed by atoms with Crippen LogP contribution in [0.25, 0.3) is 20.8 Å². The van der Waals surface area contributed by atoms with Gasteiger partial charge in [-0.3, -0.25) is 0 Å². The Morgan fingerprint density at radius 3 is 2.29 bits per heavy atom. The van der Waals surface area contributed by atoms with Crippen molar-refractivity contribution in [3.05, 3.63) is 43.8 Å². The van der Waals surface area contributed by atoms with Crippen LogP contribution < -0.4 is 0 Å². The van der Waals surface area contributed by atoms with Crippen LogP contribution in [0.15, 0.2) is 27.1 Å². The van der Waals surface area contributed by atoms with Crippen LogP contribution in [0, 0.1) is 6.92 Å². The summed E-state index contributed by atoms with van der Waals surface area (Å²) >= 11 is 19.8. The third-order valence-corrected chi connectivity index (χ3v) is 5.18. The maximum absolute atomic E-state index is 6.34. The predicted octanol–water partition coefficient (Wildman–Crippen LogP) is 6.29. The Balaban J connectivity index is 2.65. The van der Waals surface area contributed by atoms with Gasteiger partial charge < -0.3 is 0 Å². The lowest BCUT2D eigenvalue weighted by molar-refractivity contribution is 1.47. The number of aryl methyl sites for hydroxylation is 1. The van der Waals surface area contributed by atoms with Crippen molar-refractivity contribution < 1.29 is 0 Å². The van der Waals surface area contributed by atoms with Gasteiger partial charge in [0.25, 0.3) is 0 Å². The Labute approximate surface area is 126 Å². The number of rotatable bonds is 0. The maximum Gasteiger partial charge on any atom is 0.0688 e. The Morgan fingerprint density at radius 1 is 0.941 bits per heavy atom. The van der Waals surface area contributed by atoms with Crippen molar-refractivity contribution in [1.82, 2.24) is 0 Å². The largest absolute Gasteiger partial charge is 0.0820 e. The first kappa shape index (κ1) is 12.0. The highest BCUT2D eigenvalue weighted by atomic mass is 79.9. The standard InChI is InChI=1S/C13H6Br2Cl2/c1-5-2-3-6-7(14)4-8(15)11-10(6)9(5)12(16)13(11)17/h2-4H,1H3. The number of benzene rings is 2. The zero-order valence-corrected chi connectivity index (χ0v) is 13.4. The average Bonchev–Trinajstić information content (AvgIpc) is 2.52. The maximum atomic E-state index is 6.34. The SMILES string of the molecule is Cc1ccc2c(Br)cc(Br)c3c2c1C(Cl)=C3Cl. The van der Waals surface area contributed by atoms with E-state index in [1.165, 1.54) is 0 Å². The second-order valence-corrected chi connectivity index (χ2v) is 6.49. The zero-order chi connectivity index (χ0) is 12.3. The van der Waals surface area contributed by atoms with Gasteiger partial charge >= 0.3 is 0 Å². The molecule has 0 atom stereocenters. The van der Waals surface area contributed by atoms with E-state index in [1.54, 1.807) is 0 Å². The Morgan fingerprint density at radius 2 is 1.59 bits per heavy atom. The molecule has 0 spiro atoms. The first-order valence-corrected chi connectivity index (χ1v) is 7.34. The van der Waals surface area contributed by atoms with Gasteiger partial charge in [-0.05, 0) is 23.9 Å². The summed E-state index contributed by atoms with van der Waals surface area (Å²) < 4.78 is 2.00. The van der Waals surface area contributed by atoms with Crippen molar-refractivity contribution in [2.45, 2.75) is 6.92 Å². The fraction of sp³-hybridized carbons (Fsp3) is 0.0769. The molecule has 3 rings (SSSR count). The van der Waals surface area contributed by atoms with Gasteiger partial charge in [-0.1, -0.05) is 67.2 Å². The van der Waals surface area contributed by atoms with E-state index in [0.29, 0.717) is 10.1 Å². The highest BCUT2D eigenvalue weighted by Gasteiger charge is 2.26. The monoisotopic (exact) mass is 390 g/mol. The van der Waals surface area contributed by atoms with Crippen molar-refractivity contribution in [3.63, 3.8) is 0 Å². The predicted molar refractivity (Wildman–Crippen MR) is 82.6 cm³/mol. The molecule has 0 N–H and O–H groups in total. The van der Waals surface area contributed by atoms with E-state index in [0.717, 1.165) is 36.4 Å². The lowest BCUT2D eigenvalue weighted by atomic mass is 10.0. The number of hydrogen-bond acceptors (Lipinski definition) is 0. The summed E-state index contributed by atoms with van der Waals surface area (Å²) in [7, 11) is 0. The molecule has 17 heavy (non-hydrogen) atoms. The molecule has 0 nitrogen and oxygen atoms in total. The summed E-state index contributed by atoms with van der Waals surface area (Å²) in [5.41, 5.74) is 3.18. The summed E-state index contributed by atoms with van der Waals surface area (Å²) in [6.07, 6.45) is 0. The summed E-state index contributed by atoms with van der Waals surface area (Å²) in [5, 5.41) is 3.53. The molecule has 86 valence electrons. The second kappa shape index (κ2) is 3.99. The molecule has 1 aliphatic rings. The van der Waals surface area contributed by atoms with Crippen LogP contribution in [-0.2, 0) is 0 Å². The second-order valence-electron chi connectivity index (χ2n) is 4.02. The first-order chi connectivity index (χ1) is 8.02. The molecular formula is C13H6Br2Cl2. The Bertz CT molecular complexity index is 684. The van der Waals surface area contributed by atoms with E-state index in [4.69, 9.17) is 23.2 Å². The van der Waals surface area contributed by atoms with Crippen molar-refractivity contribution in [2.75, 3.05) is 0 Å². The molecule has 0 saturated heterocycles. The molecule has 0 radical (unpaired) electrons. The topological polar surface area (TPSA) is 0 Å². The Hall–Kier alpha value is -0.0200. The molecule has 0 aromatic heterocycles. The number of hydrogen-bond donors (Lipinski definition) is 0. The third-order valence-electron chi connectivity index (χ3n) is 3.04. The van der Waals surface area contributed by atoms with E-state index in [2.05, 4.69) is 44.0 Å². The van der Waals surface area contributed by atoms with Crippen LogP contribution in [0.2, 0.25) is 0 Å². The van der Waals surface area contributed by atoms with Crippen molar-refractivity contribution in [1.29, 1.82) is 0 Å². The summed E-state index contributed by atoms with van der Waals surface area (Å²) in [6.45, 7) is 2.05. The molecule has 0 fully saturated rings. The summed E-state index contributed by atoms with van der Waals surface area (Å²) in [6, 6.07) is 6.17.